The van der Waals surface area contributed by atoms with E-state index in [1.165, 1.54) is 0 Å². The maximum Gasteiger partial charge on any atom is 0.108 e. The largest absolute Gasteiger partial charge is 0.394 e. The molecule has 0 radical (unpaired) electrons. The van der Waals surface area contributed by atoms with Gasteiger partial charge < -0.3 is 20.4 Å². The van der Waals surface area contributed by atoms with Crippen molar-refractivity contribution >= 4 is 0 Å². The quantitative estimate of drug-likeness (QED) is 0.392. The van der Waals surface area contributed by atoms with Crippen LogP contribution in [0.2, 0.25) is 0 Å². The van der Waals surface area contributed by atoms with Gasteiger partial charge >= 0.3 is 0 Å². The Morgan fingerprint density at radius 1 is 1.10 bits per heavy atom. The summed E-state index contributed by atoms with van der Waals surface area (Å²) in [6, 6.07) is 0. The molecule has 0 saturated heterocycles. The zero-order valence-corrected chi connectivity index (χ0v) is 5.94. The van der Waals surface area contributed by atoms with Crippen LogP contribution in [-0.4, -0.2) is 45.3 Å². The van der Waals surface area contributed by atoms with E-state index >= 15 is 0 Å². The fourth-order valence-corrected chi connectivity index (χ4v) is 0.606. The summed E-state index contributed by atoms with van der Waals surface area (Å²) >= 11 is 0. The molecule has 0 fully saturated rings. The molecule has 0 aliphatic carbocycles. The van der Waals surface area contributed by atoms with E-state index in [0.29, 0.717) is 6.42 Å². The summed E-state index contributed by atoms with van der Waals surface area (Å²) in [5, 5.41) is 34.9. The monoisotopic (exact) mass is 150 g/mol. The fourth-order valence-electron chi connectivity index (χ4n) is 0.606. The highest BCUT2D eigenvalue weighted by molar-refractivity contribution is 4.72. The summed E-state index contributed by atoms with van der Waals surface area (Å²) in [5.74, 6) is 0. The van der Waals surface area contributed by atoms with Gasteiger partial charge in [0.25, 0.3) is 0 Å². The van der Waals surface area contributed by atoms with Gasteiger partial charge in [-0.1, -0.05) is 6.92 Å². The Morgan fingerprint density at radius 2 is 1.60 bits per heavy atom. The Morgan fingerprint density at radius 3 is 1.90 bits per heavy atom. The van der Waals surface area contributed by atoms with E-state index in [1.807, 2.05) is 0 Å². The summed E-state index contributed by atoms with van der Waals surface area (Å²) in [6.07, 6.45) is -3.08. The summed E-state index contributed by atoms with van der Waals surface area (Å²) in [7, 11) is 0. The van der Waals surface area contributed by atoms with Crippen LogP contribution in [0.5, 0.6) is 0 Å². The predicted octanol–water partition coefficient (Wildman–Crippen LogP) is -1.53. The van der Waals surface area contributed by atoms with E-state index in [-0.39, 0.29) is 0 Å². The molecule has 0 aromatic carbocycles. The second kappa shape index (κ2) is 4.62. The zero-order valence-electron chi connectivity index (χ0n) is 5.94. The first-order chi connectivity index (χ1) is 4.63. The molecule has 0 heterocycles. The van der Waals surface area contributed by atoms with Gasteiger partial charge in [-0.3, -0.25) is 0 Å². The third-order valence-corrected chi connectivity index (χ3v) is 1.39. The molecule has 0 amide bonds. The maximum atomic E-state index is 8.93. The minimum atomic E-state index is -1.24. The van der Waals surface area contributed by atoms with E-state index < -0.39 is 24.9 Å². The van der Waals surface area contributed by atoms with Crippen LogP contribution in [0, 0.1) is 0 Å². The first-order valence-electron chi connectivity index (χ1n) is 3.28. The normalized spacial score (nSPS) is 20.1. The van der Waals surface area contributed by atoms with E-state index in [2.05, 4.69) is 0 Å². The third-order valence-electron chi connectivity index (χ3n) is 1.39. The summed E-state index contributed by atoms with van der Waals surface area (Å²) in [6.45, 7) is 1.15. The highest BCUT2D eigenvalue weighted by atomic mass is 16.4. The lowest BCUT2D eigenvalue weighted by molar-refractivity contribution is -0.0767. The molecule has 0 bridgehead atoms. The molecule has 10 heavy (non-hydrogen) atoms. The molecule has 0 aromatic heterocycles. The van der Waals surface area contributed by atoms with Crippen molar-refractivity contribution in [3.8, 4) is 0 Å². The van der Waals surface area contributed by atoms with Gasteiger partial charge in [0, 0.05) is 0 Å². The standard InChI is InChI=1S/C6H14O4/c1-2-4(8)6(10)5(9)3-7/h4-10H,2-3H2,1H3/t4?,5-,6?/m1/s1. The SMILES string of the molecule is CCC(O)C(O)[C@H](O)CO. The van der Waals surface area contributed by atoms with Gasteiger partial charge in [-0.2, -0.15) is 0 Å². The van der Waals surface area contributed by atoms with Crippen LogP contribution < -0.4 is 0 Å². The van der Waals surface area contributed by atoms with E-state index in [9.17, 15) is 0 Å². The number of rotatable bonds is 4. The van der Waals surface area contributed by atoms with Crippen molar-refractivity contribution in [2.75, 3.05) is 6.61 Å². The lowest BCUT2D eigenvalue weighted by Crippen LogP contribution is -2.38. The molecule has 0 spiro atoms. The van der Waals surface area contributed by atoms with E-state index in [4.69, 9.17) is 20.4 Å². The number of hydrogen-bond acceptors (Lipinski definition) is 4. The van der Waals surface area contributed by atoms with Crippen LogP contribution in [0.25, 0.3) is 0 Å². The molecule has 0 aliphatic heterocycles. The van der Waals surface area contributed by atoms with Gasteiger partial charge in [-0.25, -0.2) is 0 Å². The lowest BCUT2D eigenvalue weighted by atomic mass is 10.1. The van der Waals surface area contributed by atoms with Gasteiger partial charge in [0.15, 0.2) is 0 Å². The van der Waals surface area contributed by atoms with Crippen molar-refractivity contribution in [3.63, 3.8) is 0 Å². The Hall–Kier alpha value is -0.160. The third kappa shape index (κ3) is 2.62. The minimum Gasteiger partial charge on any atom is -0.394 e. The minimum absolute atomic E-state index is 0.359. The highest BCUT2D eigenvalue weighted by Gasteiger charge is 2.21. The molecule has 0 saturated carbocycles. The van der Waals surface area contributed by atoms with Gasteiger partial charge in [0.05, 0.1) is 12.7 Å². The first kappa shape index (κ1) is 9.84. The van der Waals surface area contributed by atoms with Crippen molar-refractivity contribution < 1.29 is 20.4 Å². The lowest BCUT2D eigenvalue weighted by Gasteiger charge is -2.19. The molecule has 3 atom stereocenters. The molecule has 0 aliphatic rings. The number of aliphatic hydroxyl groups is 4. The predicted molar refractivity (Wildman–Crippen MR) is 35.4 cm³/mol. The summed E-state index contributed by atoms with van der Waals surface area (Å²) in [5.41, 5.74) is 0. The average molecular weight is 150 g/mol. The van der Waals surface area contributed by atoms with Crippen molar-refractivity contribution in [1.29, 1.82) is 0 Å². The average Bonchev–Trinajstić information content (AvgIpc) is 2.00. The molecule has 62 valence electrons. The van der Waals surface area contributed by atoms with Crippen LogP contribution in [0.4, 0.5) is 0 Å². The summed E-state index contributed by atoms with van der Waals surface area (Å²) in [4.78, 5) is 0. The van der Waals surface area contributed by atoms with Crippen LogP contribution in [0.15, 0.2) is 0 Å². The second-order valence-corrected chi connectivity index (χ2v) is 2.22. The Bertz CT molecular complexity index is 75.8. The molecule has 0 rings (SSSR count). The van der Waals surface area contributed by atoms with Crippen molar-refractivity contribution in [3.05, 3.63) is 0 Å². The molecule has 4 heteroatoms. The Kier molecular flexibility index (Phi) is 4.55. The van der Waals surface area contributed by atoms with Crippen LogP contribution >= 0.6 is 0 Å². The molecule has 4 N–H and O–H groups in total. The fraction of sp³-hybridized carbons (Fsp3) is 1.00. The molecule has 4 nitrogen and oxygen atoms in total. The Balaban J connectivity index is 3.69. The van der Waals surface area contributed by atoms with Gasteiger partial charge in [-0.05, 0) is 6.42 Å². The summed E-state index contributed by atoms with van der Waals surface area (Å²) < 4.78 is 0. The van der Waals surface area contributed by atoms with Crippen molar-refractivity contribution in [2.45, 2.75) is 31.7 Å². The van der Waals surface area contributed by atoms with Crippen LogP contribution in [0.3, 0.4) is 0 Å². The Labute approximate surface area is 59.7 Å². The zero-order chi connectivity index (χ0) is 8.15. The number of hydrogen-bond donors (Lipinski definition) is 4. The molecule has 2 unspecified atom stereocenters. The van der Waals surface area contributed by atoms with Gasteiger partial charge in [-0.15, -0.1) is 0 Å². The van der Waals surface area contributed by atoms with E-state index in [0.717, 1.165) is 0 Å². The van der Waals surface area contributed by atoms with Crippen LogP contribution in [0.1, 0.15) is 13.3 Å². The smallest absolute Gasteiger partial charge is 0.108 e. The second-order valence-electron chi connectivity index (χ2n) is 2.22. The van der Waals surface area contributed by atoms with Crippen molar-refractivity contribution in [2.24, 2.45) is 0 Å². The molecular weight excluding hydrogens is 136 g/mol. The molecule has 0 aromatic rings. The van der Waals surface area contributed by atoms with Crippen molar-refractivity contribution in [1.82, 2.24) is 0 Å². The first-order valence-corrected chi connectivity index (χ1v) is 3.28. The molecular formula is C6H14O4. The van der Waals surface area contributed by atoms with Gasteiger partial charge in [0.2, 0.25) is 0 Å². The highest BCUT2D eigenvalue weighted by Crippen LogP contribution is 2.02. The maximum absolute atomic E-state index is 8.93. The topological polar surface area (TPSA) is 80.9 Å². The van der Waals surface area contributed by atoms with E-state index in [1.54, 1.807) is 6.92 Å². The number of aliphatic hydroxyl groups excluding tert-OH is 4. The van der Waals surface area contributed by atoms with Crippen LogP contribution in [-0.2, 0) is 0 Å². The van der Waals surface area contributed by atoms with Gasteiger partial charge in [0.1, 0.15) is 12.2 Å².